The van der Waals surface area contributed by atoms with Gasteiger partial charge < -0.3 is 0 Å². The minimum Gasteiger partial charge on any atom is -0.269 e. The third-order valence-corrected chi connectivity index (χ3v) is 2.32. The molecule has 3 nitrogen and oxygen atoms in total. The summed E-state index contributed by atoms with van der Waals surface area (Å²) in [6.07, 6.45) is 0. The number of carbonyl (C=O) groups is 1. The van der Waals surface area contributed by atoms with E-state index < -0.39 is 0 Å². The number of carbonyl (C=O) groups excluding carboxylic acids is 1. The maximum atomic E-state index is 11.6. The minimum atomic E-state index is -0.00222. The Balaban J connectivity index is 3.00. The van der Waals surface area contributed by atoms with Crippen molar-refractivity contribution in [1.82, 2.24) is 0 Å². The molecular formula is C12H19N2O+. The van der Waals surface area contributed by atoms with Gasteiger partial charge >= 0.3 is 0 Å². The normalized spacial score (nSPS) is 10.5. The Hall–Kier alpha value is -1.38. The first kappa shape index (κ1) is 11.7. The molecule has 0 fully saturated rings. The summed E-state index contributed by atoms with van der Waals surface area (Å²) in [4.78, 5) is 11.6. The van der Waals surface area contributed by atoms with E-state index in [1.165, 1.54) is 5.56 Å². The van der Waals surface area contributed by atoms with Gasteiger partial charge in [0.15, 0.2) is 0 Å². The monoisotopic (exact) mass is 207 g/mol. The summed E-state index contributed by atoms with van der Waals surface area (Å²) < 4.78 is 1.83. The largest absolute Gasteiger partial charge is 0.277 e. The first-order valence-electron chi connectivity index (χ1n) is 5.22. The highest BCUT2D eigenvalue weighted by Crippen LogP contribution is 2.01. The number of hydrogen-bond acceptors (Lipinski definition) is 1. The summed E-state index contributed by atoms with van der Waals surface area (Å²) in [5.74, 6) is 0.0349. The lowest BCUT2D eigenvalue weighted by Gasteiger charge is -2.07. The van der Waals surface area contributed by atoms with Gasteiger partial charge in [-0.2, -0.15) is 0 Å². The molecule has 0 bridgehead atoms. The van der Waals surface area contributed by atoms with Crippen molar-refractivity contribution in [2.45, 2.75) is 34.6 Å². The van der Waals surface area contributed by atoms with E-state index in [4.69, 9.17) is 0 Å². The first-order valence-corrected chi connectivity index (χ1v) is 5.22. The van der Waals surface area contributed by atoms with E-state index in [2.05, 4.69) is 12.3 Å². The summed E-state index contributed by atoms with van der Waals surface area (Å²) in [5.41, 5.74) is 6.18. The summed E-state index contributed by atoms with van der Waals surface area (Å²) in [6, 6.07) is 4.10. The predicted octanol–water partition coefficient (Wildman–Crippen LogP) is 1.63. The van der Waals surface area contributed by atoms with Crippen LogP contribution >= 0.6 is 0 Å². The van der Waals surface area contributed by atoms with Crippen molar-refractivity contribution in [3.63, 3.8) is 0 Å². The lowest BCUT2D eigenvalue weighted by molar-refractivity contribution is -0.655. The second-order valence-corrected chi connectivity index (χ2v) is 4.28. The Kier molecular flexibility index (Phi) is 3.45. The Labute approximate surface area is 91.1 Å². The highest BCUT2D eigenvalue weighted by atomic mass is 16.2. The molecule has 0 saturated carbocycles. The van der Waals surface area contributed by atoms with Crippen molar-refractivity contribution in [2.75, 3.05) is 5.43 Å². The van der Waals surface area contributed by atoms with Crippen molar-refractivity contribution in [3.05, 3.63) is 29.1 Å². The van der Waals surface area contributed by atoms with Gasteiger partial charge in [-0.3, -0.25) is 4.79 Å². The van der Waals surface area contributed by atoms with Crippen LogP contribution in [0.15, 0.2) is 12.1 Å². The quantitative estimate of drug-likeness (QED) is 0.735. The van der Waals surface area contributed by atoms with Crippen LogP contribution in [0, 0.1) is 26.7 Å². The van der Waals surface area contributed by atoms with Gasteiger partial charge in [0.1, 0.15) is 0 Å². The van der Waals surface area contributed by atoms with Crippen LogP contribution in [0.5, 0.6) is 0 Å². The molecule has 0 aromatic carbocycles. The summed E-state index contributed by atoms with van der Waals surface area (Å²) in [6.45, 7) is 9.79. The van der Waals surface area contributed by atoms with E-state index in [1.807, 2.05) is 44.5 Å². The number of rotatable bonds is 2. The van der Waals surface area contributed by atoms with Crippen LogP contribution in [-0.2, 0) is 4.79 Å². The molecule has 1 heterocycles. The molecule has 82 valence electrons. The van der Waals surface area contributed by atoms with Crippen LogP contribution in [0.1, 0.15) is 30.8 Å². The molecule has 0 radical (unpaired) electrons. The van der Waals surface area contributed by atoms with E-state index in [1.54, 1.807) is 0 Å². The average molecular weight is 207 g/mol. The number of aryl methyl sites for hydroxylation is 3. The van der Waals surface area contributed by atoms with Gasteiger partial charge in [0.05, 0.1) is 0 Å². The van der Waals surface area contributed by atoms with Gasteiger partial charge in [-0.15, -0.1) is 5.43 Å². The molecule has 1 aromatic rings. The molecule has 0 aliphatic carbocycles. The molecule has 0 atom stereocenters. The van der Waals surface area contributed by atoms with Crippen molar-refractivity contribution < 1.29 is 9.47 Å². The first-order chi connectivity index (χ1) is 6.91. The van der Waals surface area contributed by atoms with Crippen molar-refractivity contribution in [3.8, 4) is 0 Å². The molecule has 0 aliphatic rings. The molecular weight excluding hydrogens is 188 g/mol. The van der Waals surface area contributed by atoms with Crippen LogP contribution in [0.4, 0.5) is 0 Å². The Morgan fingerprint density at radius 1 is 1.20 bits per heavy atom. The van der Waals surface area contributed by atoms with Crippen LogP contribution in [0.2, 0.25) is 0 Å². The zero-order valence-corrected chi connectivity index (χ0v) is 10.1. The number of amides is 1. The lowest BCUT2D eigenvalue weighted by atomic mass is 10.2. The Morgan fingerprint density at radius 3 is 2.07 bits per heavy atom. The third kappa shape index (κ3) is 2.78. The van der Waals surface area contributed by atoms with Gasteiger partial charge in [-0.1, -0.05) is 18.5 Å². The van der Waals surface area contributed by atoms with Gasteiger partial charge in [0.2, 0.25) is 11.4 Å². The van der Waals surface area contributed by atoms with Crippen molar-refractivity contribution in [1.29, 1.82) is 0 Å². The SMILES string of the molecule is Cc1cc(C)[n+](NC(=O)C(C)C)c(C)c1. The third-order valence-electron chi connectivity index (χ3n) is 2.32. The van der Waals surface area contributed by atoms with E-state index in [0.717, 1.165) is 11.4 Å². The number of hydrogen-bond donors (Lipinski definition) is 1. The zero-order valence-electron chi connectivity index (χ0n) is 10.1. The smallest absolute Gasteiger partial charge is 0.269 e. The molecule has 0 saturated heterocycles. The summed E-state index contributed by atoms with van der Waals surface area (Å²) >= 11 is 0. The van der Waals surface area contributed by atoms with E-state index >= 15 is 0 Å². The lowest BCUT2D eigenvalue weighted by Crippen LogP contribution is -2.54. The molecule has 1 rings (SSSR count). The van der Waals surface area contributed by atoms with E-state index in [9.17, 15) is 4.79 Å². The molecule has 0 aliphatic heterocycles. The summed E-state index contributed by atoms with van der Waals surface area (Å²) in [5, 5.41) is 0. The Bertz CT molecular complexity index is 360. The second kappa shape index (κ2) is 4.43. The van der Waals surface area contributed by atoms with E-state index in [-0.39, 0.29) is 11.8 Å². The number of pyridine rings is 1. The van der Waals surface area contributed by atoms with Crippen LogP contribution in [-0.4, -0.2) is 5.91 Å². The standard InChI is InChI=1S/C12H18N2O/c1-8(2)12(15)13-14-10(4)6-9(3)7-11(14)5/h6-8H,1-5H3/p+1. The number of aromatic nitrogens is 1. The molecule has 0 unspecified atom stereocenters. The maximum Gasteiger partial charge on any atom is 0.277 e. The highest BCUT2D eigenvalue weighted by Gasteiger charge is 2.17. The van der Waals surface area contributed by atoms with Gasteiger partial charge in [-0.05, 0) is 12.5 Å². The second-order valence-electron chi connectivity index (χ2n) is 4.28. The fourth-order valence-corrected chi connectivity index (χ4v) is 1.52. The Morgan fingerprint density at radius 2 is 1.67 bits per heavy atom. The topological polar surface area (TPSA) is 33.0 Å². The van der Waals surface area contributed by atoms with Gasteiger partial charge in [-0.25, -0.2) is 0 Å². The molecule has 1 N–H and O–H groups in total. The van der Waals surface area contributed by atoms with Crippen LogP contribution in [0.3, 0.4) is 0 Å². The van der Waals surface area contributed by atoms with Crippen LogP contribution in [0.25, 0.3) is 0 Å². The zero-order chi connectivity index (χ0) is 11.6. The highest BCUT2D eigenvalue weighted by molar-refractivity contribution is 5.83. The van der Waals surface area contributed by atoms with Gasteiger partial charge in [0.25, 0.3) is 5.91 Å². The average Bonchev–Trinajstić information content (AvgIpc) is 2.10. The van der Waals surface area contributed by atoms with Crippen molar-refractivity contribution in [2.24, 2.45) is 5.92 Å². The fourth-order valence-electron chi connectivity index (χ4n) is 1.52. The maximum absolute atomic E-state index is 11.6. The fraction of sp³-hybridized carbons (Fsp3) is 0.500. The minimum absolute atomic E-state index is 0.00222. The number of nitrogens with zero attached hydrogens (tertiary/aromatic N) is 1. The summed E-state index contributed by atoms with van der Waals surface area (Å²) in [7, 11) is 0. The molecule has 3 heteroatoms. The molecule has 15 heavy (non-hydrogen) atoms. The molecule has 1 aromatic heterocycles. The predicted molar refractivity (Wildman–Crippen MR) is 60.1 cm³/mol. The number of nitrogens with one attached hydrogen (secondary N) is 1. The van der Waals surface area contributed by atoms with Crippen LogP contribution < -0.4 is 10.1 Å². The van der Waals surface area contributed by atoms with Gasteiger partial charge in [0, 0.05) is 31.9 Å². The van der Waals surface area contributed by atoms with Crippen molar-refractivity contribution >= 4 is 5.91 Å². The van der Waals surface area contributed by atoms with E-state index in [0.29, 0.717) is 0 Å². The molecule has 0 spiro atoms. The molecule has 1 amide bonds.